The molecule has 3 rings (SSSR count). The van der Waals surface area contributed by atoms with Crippen LogP contribution >= 0.6 is 15.9 Å². The number of benzene rings is 1. The van der Waals surface area contributed by atoms with Crippen molar-refractivity contribution >= 4 is 33.6 Å². The Kier molecular flexibility index (Phi) is 8.38. The predicted molar refractivity (Wildman–Crippen MR) is 129 cm³/mol. The van der Waals surface area contributed by atoms with E-state index in [9.17, 15) is 9.90 Å². The van der Waals surface area contributed by atoms with Crippen molar-refractivity contribution in [2.75, 3.05) is 30.8 Å². The van der Waals surface area contributed by atoms with E-state index in [-0.39, 0.29) is 18.0 Å². The average Bonchev–Trinajstić information content (AvgIpc) is 3.31. The molecule has 0 spiro atoms. The lowest BCUT2D eigenvalue weighted by atomic mass is 10.2. The number of aliphatic hydroxyl groups is 1. The van der Waals surface area contributed by atoms with Gasteiger partial charge < -0.3 is 31.5 Å². The summed E-state index contributed by atoms with van der Waals surface area (Å²) in [5.41, 5.74) is 7.20. The van der Waals surface area contributed by atoms with E-state index in [0.717, 1.165) is 35.0 Å². The van der Waals surface area contributed by atoms with Crippen LogP contribution in [0, 0.1) is 0 Å². The first-order chi connectivity index (χ1) is 15.4. The van der Waals surface area contributed by atoms with Gasteiger partial charge in [0.2, 0.25) is 5.95 Å². The Morgan fingerprint density at radius 1 is 1.44 bits per heavy atom. The maximum absolute atomic E-state index is 13.1. The third kappa shape index (κ3) is 5.54. The Bertz CT molecular complexity index is 935. The summed E-state index contributed by atoms with van der Waals surface area (Å²) < 4.78 is 8.02. The number of ether oxygens (including phenoxy) is 1. The van der Waals surface area contributed by atoms with Gasteiger partial charge in [-0.05, 0) is 66.7 Å². The van der Waals surface area contributed by atoms with Crippen LogP contribution in [-0.2, 0) is 6.54 Å². The number of carbonyl (C=O) groups excluding carboxylic acids is 1. The normalized spacial score (nSPS) is 18.9. The molecular formula is C22H33BrN6O3. The highest BCUT2D eigenvalue weighted by Gasteiger charge is 2.29. The number of aliphatic hydroxyl groups excluding tert-OH is 1. The Labute approximate surface area is 197 Å². The molecule has 1 fully saturated rings. The van der Waals surface area contributed by atoms with Crippen LogP contribution in [-0.4, -0.2) is 59.0 Å². The molecule has 1 amide bonds. The highest BCUT2D eigenvalue weighted by atomic mass is 79.9. The molecule has 6 N–H and O–H groups in total. The Morgan fingerprint density at radius 2 is 2.22 bits per heavy atom. The standard InChI is InChI=1S/C22H33BrN6O3/c1-4-25-21(31)19-20(26-13(2)11-24)28-22(27-16-6-5-7-17(16)30)29(19)12-14-8-9-18(32-3)15(23)10-14/h8-10,13,16-17,26,30H,4-7,11-12,24H2,1-3H3,(H,25,31)(H,27,28)/t13?,16-,17-/m1/s1. The van der Waals surface area contributed by atoms with Gasteiger partial charge in [0.25, 0.3) is 5.91 Å². The summed E-state index contributed by atoms with van der Waals surface area (Å²) in [5, 5.41) is 19.9. The van der Waals surface area contributed by atoms with Crippen LogP contribution in [0.3, 0.4) is 0 Å². The minimum atomic E-state index is -0.442. The van der Waals surface area contributed by atoms with Gasteiger partial charge >= 0.3 is 0 Å². The van der Waals surface area contributed by atoms with Gasteiger partial charge in [-0.1, -0.05) is 6.07 Å². The summed E-state index contributed by atoms with van der Waals surface area (Å²) in [6, 6.07) is 5.62. The zero-order chi connectivity index (χ0) is 23.3. The first-order valence-corrected chi connectivity index (χ1v) is 11.8. The van der Waals surface area contributed by atoms with E-state index in [0.29, 0.717) is 37.1 Å². The van der Waals surface area contributed by atoms with Crippen molar-refractivity contribution in [1.29, 1.82) is 0 Å². The molecule has 0 bridgehead atoms. The molecule has 3 atom stereocenters. The second-order valence-corrected chi connectivity index (χ2v) is 8.93. The summed E-state index contributed by atoms with van der Waals surface area (Å²) in [6.45, 7) is 5.12. The third-order valence-corrected chi connectivity index (χ3v) is 6.23. The van der Waals surface area contributed by atoms with Crippen LogP contribution in [0.5, 0.6) is 5.75 Å². The average molecular weight is 509 g/mol. The molecule has 2 aromatic rings. The van der Waals surface area contributed by atoms with E-state index in [1.54, 1.807) is 7.11 Å². The predicted octanol–water partition coefficient (Wildman–Crippen LogP) is 2.54. The Hall–Kier alpha value is -2.30. The lowest BCUT2D eigenvalue weighted by Crippen LogP contribution is -2.31. The topological polar surface area (TPSA) is 126 Å². The van der Waals surface area contributed by atoms with Gasteiger partial charge in [-0.2, -0.15) is 4.98 Å². The third-order valence-electron chi connectivity index (χ3n) is 5.61. The molecule has 1 aliphatic rings. The summed E-state index contributed by atoms with van der Waals surface area (Å²) in [7, 11) is 1.62. The fourth-order valence-corrected chi connectivity index (χ4v) is 4.44. The number of aromatic nitrogens is 2. The fraction of sp³-hybridized carbons (Fsp3) is 0.545. The van der Waals surface area contributed by atoms with E-state index in [4.69, 9.17) is 15.5 Å². The highest BCUT2D eigenvalue weighted by Crippen LogP contribution is 2.30. The van der Waals surface area contributed by atoms with E-state index >= 15 is 0 Å². The number of methoxy groups -OCH3 is 1. The van der Waals surface area contributed by atoms with E-state index in [1.165, 1.54) is 0 Å². The molecule has 0 radical (unpaired) electrons. The van der Waals surface area contributed by atoms with Crippen molar-refractivity contribution in [2.45, 2.75) is 57.8 Å². The maximum Gasteiger partial charge on any atom is 0.271 e. The summed E-state index contributed by atoms with van der Waals surface area (Å²) in [6.07, 6.45) is 2.11. The number of nitrogens with two attached hydrogens (primary N) is 1. The molecule has 32 heavy (non-hydrogen) atoms. The number of imidazole rings is 1. The molecule has 1 heterocycles. The van der Waals surface area contributed by atoms with Gasteiger partial charge in [0.1, 0.15) is 5.75 Å². The van der Waals surface area contributed by atoms with Crippen molar-refractivity contribution < 1.29 is 14.6 Å². The monoisotopic (exact) mass is 508 g/mol. The molecule has 0 aliphatic heterocycles. The minimum Gasteiger partial charge on any atom is -0.496 e. The summed E-state index contributed by atoms with van der Waals surface area (Å²) >= 11 is 3.53. The maximum atomic E-state index is 13.1. The Balaban J connectivity index is 2.06. The molecule has 1 unspecified atom stereocenters. The number of halogens is 1. The summed E-state index contributed by atoms with van der Waals surface area (Å²) in [4.78, 5) is 17.8. The van der Waals surface area contributed by atoms with Crippen LogP contribution in [0.15, 0.2) is 22.7 Å². The number of hydrogen-bond acceptors (Lipinski definition) is 7. The zero-order valence-corrected chi connectivity index (χ0v) is 20.4. The zero-order valence-electron chi connectivity index (χ0n) is 18.8. The second-order valence-electron chi connectivity index (χ2n) is 8.08. The molecule has 1 saturated carbocycles. The van der Waals surface area contributed by atoms with Crippen LogP contribution < -0.4 is 26.4 Å². The van der Waals surface area contributed by atoms with Crippen molar-refractivity contribution in [1.82, 2.24) is 14.9 Å². The number of hydrogen-bond donors (Lipinski definition) is 5. The minimum absolute atomic E-state index is 0.0634. The second kappa shape index (κ2) is 11.0. The largest absolute Gasteiger partial charge is 0.496 e. The smallest absolute Gasteiger partial charge is 0.271 e. The number of anilines is 2. The van der Waals surface area contributed by atoms with Gasteiger partial charge in [0, 0.05) is 19.1 Å². The molecule has 1 aromatic carbocycles. The van der Waals surface area contributed by atoms with Crippen LogP contribution in [0.4, 0.5) is 11.8 Å². The number of amides is 1. The number of nitrogens with one attached hydrogen (secondary N) is 3. The van der Waals surface area contributed by atoms with E-state index in [1.807, 2.05) is 36.6 Å². The van der Waals surface area contributed by atoms with Crippen molar-refractivity contribution in [3.8, 4) is 5.75 Å². The van der Waals surface area contributed by atoms with Gasteiger partial charge in [0.05, 0.1) is 30.3 Å². The molecule has 10 heteroatoms. The van der Waals surface area contributed by atoms with Gasteiger partial charge in [0.15, 0.2) is 11.5 Å². The fourth-order valence-electron chi connectivity index (χ4n) is 3.85. The van der Waals surface area contributed by atoms with Crippen molar-refractivity contribution in [3.05, 3.63) is 33.9 Å². The van der Waals surface area contributed by atoms with Crippen molar-refractivity contribution in [2.24, 2.45) is 5.73 Å². The molecule has 0 saturated heterocycles. The lowest BCUT2D eigenvalue weighted by molar-refractivity contribution is 0.0948. The van der Waals surface area contributed by atoms with Crippen LogP contribution in [0.1, 0.15) is 49.2 Å². The highest BCUT2D eigenvalue weighted by molar-refractivity contribution is 9.10. The van der Waals surface area contributed by atoms with Gasteiger partial charge in [-0.15, -0.1) is 0 Å². The quantitative estimate of drug-likeness (QED) is 0.333. The van der Waals surface area contributed by atoms with Gasteiger partial charge in [-0.25, -0.2) is 0 Å². The Morgan fingerprint density at radius 3 is 2.81 bits per heavy atom. The number of nitrogens with zero attached hydrogens (tertiary/aromatic N) is 2. The van der Waals surface area contributed by atoms with Crippen LogP contribution in [0.2, 0.25) is 0 Å². The first kappa shape index (κ1) is 24.3. The molecular weight excluding hydrogens is 476 g/mol. The SMILES string of the molecule is CCNC(=O)c1c(NC(C)CN)nc(N[C@@H]2CCC[C@H]2O)n1Cc1ccc(OC)c(Br)c1. The molecule has 1 aromatic heterocycles. The number of rotatable bonds is 10. The molecule has 1 aliphatic carbocycles. The molecule has 176 valence electrons. The number of carbonyl (C=O) groups is 1. The molecule has 9 nitrogen and oxygen atoms in total. The lowest BCUT2D eigenvalue weighted by Gasteiger charge is -2.19. The summed E-state index contributed by atoms with van der Waals surface area (Å²) in [5.74, 6) is 1.52. The first-order valence-electron chi connectivity index (χ1n) is 11.0. The van der Waals surface area contributed by atoms with E-state index < -0.39 is 6.10 Å². The van der Waals surface area contributed by atoms with Crippen LogP contribution in [0.25, 0.3) is 0 Å². The van der Waals surface area contributed by atoms with Gasteiger partial charge in [-0.3, -0.25) is 9.36 Å². The van der Waals surface area contributed by atoms with E-state index in [2.05, 4.69) is 31.9 Å². The van der Waals surface area contributed by atoms with Crippen molar-refractivity contribution in [3.63, 3.8) is 0 Å².